The van der Waals surface area contributed by atoms with Gasteiger partial charge in [-0.2, -0.15) is 0 Å². The molecule has 0 aliphatic heterocycles. The average Bonchev–Trinajstić information content (AvgIpc) is 3.00. The molecule has 1 unspecified atom stereocenters. The van der Waals surface area contributed by atoms with E-state index in [4.69, 9.17) is 4.74 Å². The first-order chi connectivity index (χ1) is 11.1. The Morgan fingerprint density at radius 3 is 2.48 bits per heavy atom. The molecule has 126 valence electrons. The van der Waals surface area contributed by atoms with E-state index in [1.54, 1.807) is 7.11 Å². The van der Waals surface area contributed by atoms with Crippen LogP contribution in [-0.2, 0) is 11.3 Å². The third kappa shape index (κ3) is 5.90. The Kier molecular flexibility index (Phi) is 6.40. The topological polar surface area (TPSA) is 71.9 Å². The molecule has 0 bridgehead atoms. The van der Waals surface area contributed by atoms with Crippen LogP contribution in [0.1, 0.15) is 31.2 Å². The molecule has 0 aromatic heterocycles. The summed E-state index contributed by atoms with van der Waals surface area (Å²) >= 11 is 0. The first-order valence-corrected chi connectivity index (χ1v) is 8.11. The molecule has 1 aromatic rings. The van der Waals surface area contributed by atoms with E-state index >= 15 is 0 Å². The van der Waals surface area contributed by atoms with Crippen LogP contribution in [-0.4, -0.2) is 38.7 Å². The van der Waals surface area contributed by atoms with Gasteiger partial charge in [-0.1, -0.05) is 12.8 Å². The lowest BCUT2D eigenvalue weighted by Gasteiger charge is -2.15. The summed E-state index contributed by atoms with van der Waals surface area (Å²) in [6, 6.07) is 7.60. The molecule has 1 atom stereocenters. The van der Waals surface area contributed by atoms with Gasteiger partial charge in [0.1, 0.15) is 12.3 Å². The number of nitrogens with one attached hydrogen (secondary N) is 3. The summed E-state index contributed by atoms with van der Waals surface area (Å²) in [5.74, 6) is 0.555. The molecule has 0 spiro atoms. The highest BCUT2D eigenvalue weighted by Crippen LogP contribution is 2.17. The van der Waals surface area contributed by atoms with Crippen molar-refractivity contribution in [1.82, 2.24) is 10.6 Å². The molecule has 0 radical (unpaired) electrons. The number of carbonyl (C=O) groups is 2. The Balaban J connectivity index is 1.71. The number of quaternary nitrogens is 1. The molecule has 6 nitrogen and oxygen atoms in total. The maximum Gasteiger partial charge on any atom is 0.321 e. The van der Waals surface area contributed by atoms with Crippen molar-refractivity contribution in [2.45, 2.75) is 38.3 Å². The summed E-state index contributed by atoms with van der Waals surface area (Å²) < 4.78 is 5.12. The van der Waals surface area contributed by atoms with Crippen LogP contribution in [0.3, 0.4) is 0 Å². The van der Waals surface area contributed by atoms with Gasteiger partial charge in [0.2, 0.25) is 0 Å². The van der Waals surface area contributed by atoms with Gasteiger partial charge in [-0.25, -0.2) is 4.79 Å². The average molecular weight is 320 g/mol. The first kappa shape index (κ1) is 17.3. The summed E-state index contributed by atoms with van der Waals surface area (Å²) in [7, 11) is 3.56. The van der Waals surface area contributed by atoms with Crippen molar-refractivity contribution in [3.63, 3.8) is 0 Å². The Morgan fingerprint density at radius 2 is 1.87 bits per heavy atom. The van der Waals surface area contributed by atoms with Crippen molar-refractivity contribution in [1.29, 1.82) is 0 Å². The van der Waals surface area contributed by atoms with Gasteiger partial charge in [0.15, 0.2) is 6.54 Å². The predicted octanol–water partition coefficient (Wildman–Crippen LogP) is 0.478. The highest BCUT2D eigenvalue weighted by Gasteiger charge is 2.19. The van der Waals surface area contributed by atoms with Crippen molar-refractivity contribution in [2.75, 3.05) is 20.7 Å². The first-order valence-electron chi connectivity index (χ1n) is 8.11. The Hall–Kier alpha value is -2.08. The molecule has 3 N–H and O–H groups in total. The van der Waals surface area contributed by atoms with Crippen LogP contribution in [0.5, 0.6) is 5.75 Å². The van der Waals surface area contributed by atoms with Gasteiger partial charge >= 0.3 is 6.03 Å². The van der Waals surface area contributed by atoms with Crippen LogP contribution in [0.2, 0.25) is 0 Å². The SMILES string of the molecule is COc1ccc(C[NH+](C)CC(=O)NC(=O)NC2CCCC2)cc1. The fraction of sp³-hybridized carbons (Fsp3) is 0.529. The largest absolute Gasteiger partial charge is 0.497 e. The number of rotatable bonds is 6. The number of amides is 3. The standard InChI is InChI=1S/C17H25N3O3/c1-20(11-13-7-9-15(23-2)10-8-13)12-16(21)19-17(22)18-14-5-3-4-6-14/h7-10,14H,3-6,11-12H2,1-2H3,(H2,18,19,21,22)/p+1. The quantitative estimate of drug-likeness (QED) is 0.714. The minimum Gasteiger partial charge on any atom is -0.497 e. The number of urea groups is 1. The second-order valence-corrected chi connectivity index (χ2v) is 6.16. The summed E-state index contributed by atoms with van der Waals surface area (Å²) in [5, 5.41) is 5.26. The zero-order chi connectivity index (χ0) is 16.7. The van der Waals surface area contributed by atoms with Gasteiger partial charge in [0.25, 0.3) is 5.91 Å². The van der Waals surface area contributed by atoms with Gasteiger partial charge in [0, 0.05) is 11.6 Å². The molecule has 1 aliphatic rings. The van der Waals surface area contributed by atoms with Crippen molar-refractivity contribution >= 4 is 11.9 Å². The number of imide groups is 1. The molecule has 1 saturated carbocycles. The predicted molar refractivity (Wildman–Crippen MR) is 87.4 cm³/mol. The third-order valence-electron chi connectivity index (χ3n) is 4.07. The number of likely N-dealkylation sites (N-methyl/N-ethyl adjacent to an activating group) is 1. The lowest BCUT2D eigenvalue weighted by atomic mass is 10.2. The molecular weight excluding hydrogens is 294 g/mol. The molecule has 1 aliphatic carbocycles. The maximum absolute atomic E-state index is 11.9. The number of methoxy groups -OCH3 is 1. The fourth-order valence-corrected chi connectivity index (χ4v) is 2.89. The van der Waals surface area contributed by atoms with Gasteiger partial charge in [-0.05, 0) is 37.1 Å². The van der Waals surface area contributed by atoms with Crippen molar-refractivity contribution in [3.8, 4) is 5.75 Å². The Bertz CT molecular complexity index is 524. The molecule has 2 rings (SSSR count). The smallest absolute Gasteiger partial charge is 0.321 e. The zero-order valence-electron chi connectivity index (χ0n) is 13.9. The van der Waals surface area contributed by atoms with E-state index in [0.29, 0.717) is 6.54 Å². The van der Waals surface area contributed by atoms with Gasteiger partial charge < -0.3 is 15.0 Å². The highest BCUT2D eigenvalue weighted by molar-refractivity contribution is 5.94. The second kappa shape index (κ2) is 8.53. The van der Waals surface area contributed by atoms with Crippen LogP contribution in [0.25, 0.3) is 0 Å². The van der Waals surface area contributed by atoms with Gasteiger partial charge in [-0.3, -0.25) is 10.1 Å². The Morgan fingerprint density at radius 1 is 1.22 bits per heavy atom. The van der Waals surface area contributed by atoms with E-state index in [-0.39, 0.29) is 24.5 Å². The van der Waals surface area contributed by atoms with Gasteiger partial charge in [-0.15, -0.1) is 0 Å². The van der Waals surface area contributed by atoms with E-state index in [2.05, 4.69) is 10.6 Å². The molecule has 1 fully saturated rings. The van der Waals surface area contributed by atoms with Crippen molar-refractivity contribution in [3.05, 3.63) is 29.8 Å². The number of benzene rings is 1. The third-order valence-corrected chi connectivity index (χ3v) is 4.07. The minimum atomic E-state index is -0.376. The van der Waals surface area contributed by atoms with Gasteiger partial charge in [0.05, 0.1) is 14.2 Å². The number of hydrogen-bond donors (Lipinski definition) is 3. The summed E-state index contributed by atoms with van der Waals surface area (Å²) in [6.45, 7) is 0.964. The van der Waals surface area contributed by atoms with Crippen LogP contribution in [0.15, 0.2) is 24.3 Å². The monoisotopic (exact) mass is 320 g/mol. The van der Waals surface area contributed by atoms with Crippen LogP contribution >= 0.6 is 0 Å². The lowest BCUT2D eigenvalue weighted by molar-refractivity contribution is -0.885. The molecule has 0 heterocycles. The number of hydrogen-bond acceptors (Lipinski definition) is 3. The van der Waals surface area contributed by atoms with E-state index in [9.17, 15) is 9.59 Å². The molecule has 6 heteroatoms. The molecule has 3 amide bonds. The number of ether oxygens (including phenoxy) is 1. The highest BCUT2D eigenvalue weighted by atomic mass is 16.5. The summed E-state index contributed by atoms with van der Waals surface area (Å²) in [5.41, 5.74) is 1.12. The maximum atomic E-state index is 11.9. The van der Waals surface area contributed by atoms with E-state index < -0.39 is 0 Å². The molecular formula is C17H26N3O3+. The van der Waals surface area contributed by atoms with Crippen LogP contribution in [0, 0.1) is 0 Å². The molecule has 23 heavy (non-hydrogen) atoms. The van der Waals surface area contributed by atoms with Crippen LogP contribution in [0.4, 0.5) is 4.79 Å². The van der Waals surface area contributed by atoms with E-state index in [0.717, 1.165) is 41.9 Å². The minimum absolute atomic E-state index is 0.215. The van der Waals surface area contributed by atoms with Crippen molar-refractivity contribution in [2.24, 2.45) is 0 Å². The zero-order valence-corrected chi connectivity index (χ0v) is 13.9. The van der Waals surface area contributed by atoms with E-state index in [1.807, 2.05) is 31.3 Å². The Labute approximate surface area is 137 Å². The molecule has 1 aromatic carbocycles. The van der Waals surface area contributed by atoms with Crippen LogP contribution < -0.4 is 20.3 Å². The lowest BCUT2D eigenvalue weighted by Crippen LogP contribution is -3.09. The van der Waals surface area contributed by atoms with E-state index in [1.165, 1.54) is 0 Å². The normalized spacial score (nSPS) is 15.9. The molecule has 0 saturated heterocycles. The fourth-order valence-electron chi connectivity index (χ4n) is 2.89. The number of carbonyl (C=O) groups excluding carboxylic acids is 2. The summed E-state index contributed by atoms with van der Waals surface area (Å²) in [4.78, 5) is 24.7. The summed E-state index contributed by atoms with van der Waals surface area (Å²) in [6.07, 6.45) is 4.30. The second-order valence-electron chi connectivity index (χ2n) is 6.16. The van der Waals surface area contributed by atoms with Crippen molar-refractivity contribution < 1.29 is 19.2 Å².